The number of benzene rings is 1. The van der Waals surface area contributed by atoms with Crippen LogP contribution < -0.4 is 10.9 Å². The van der Waals surface area contributed by atoms with Gasteiger partial charge in [0.2, 0.25) is 5.91 Å². The number of nitrogens with zero attached hydrogens (tertiary/aromatic N) is 2. The molecule has 0 bridgehead atoms. The van der Waals surface area contributed by atoms with Crippen LogP contribution in [0.25, 0.3) is 10.2 Å². The Morgan fingerprint density at radius 2 is 2.21 bits per heavy atom. The molecule has 28 heavy (non-hydrogen) atoms. The van der Waals surface area contributed by atoms with E-state index >= 15 is 0 Å². The Morgan fingerprint density at radius 3 is 3.00 bits per heavy atom. The molecule has 4 rings (SSSR count). The molecule has 0 radical (unpaired) electrons. The Hall–Kier alpha value is -2.18. The molecule has 146 valence electrons. The Labute approximate surface area is 172 Å². The summed E-state index contributed by atoms with van der Waals surface area (Å²) in [6.07, 6.45) is 4.47. The smallest absolute Gasteiger partial charge is 0.263 e. The maximum Gasteiger partial charge on any atom is 0.263 e. The van der Waals surface area contributed by atoms with Crippen molar-refractivity contribution >= 4 is 44.7 Å². The van der Waals surface area contributed by atoms with Crippen molar-refractivity contribution in [2.45, 2.75) is 46.1 Å². The van der Waals surface area contributed by atoms with Crippen LogP contribution in [0.2, 0.25) is 5.02 Å². The van der Waals surface area contributed by atoms with Crippen LogP contribution in [0.3, 0.4) is 0 Å². The average molecular weight is 416 g/mol. The number of carbonyl (C=O) groups excluding carboxylic acids is 1. The lowest BCUT2D eigenvalue weighted by Crippen LogP contribution is -2.32. The second-order valence-electron chi connectivity index (χ2n) is 7.61. The van der Waals surface area contributed by atoms with Crippen molar-refractivity contribution in [1.82, 2.24) is 9.55 Å². The molecule has 0 spiro atoms. The van der Waals surface area contributed by atoms with Crippen molar-refractivity contribution in [2.75, 3.05) is 5.32 Å². The van der Waals surface area contributed by atoms with Crippen LogP contribution in [0.5, 0.6) is 0 Å². The van der Waals surface area contributed by atoms with Crippen LogP contribution in [0.1, 0.15) is 42.3 Å². The first kappa shape index (κ1) is 19.2. The lowest BCUT2D eigenvalue weighted by molar-refractivity contribution is -0.118. The van der Waals surface area contributed by atoms with Crippen molar-refractivity contribution < 1.29 is 4.79 Å². The molecule has 2 atom stereocenters. The first-order valence-corrected chi connectivity index (χ1v) is 10.6. The van der Waals surface area contributed by atoms with Crippen molar-refractivity contribution in [2.24, 2.45) is 5.92 Å². The molecule has 2 heterocycles. The summed E-state index contributed by atoms with van der Waals surface area (Å²) in [6, 6.07) is 4.66. The highest BCUT2D eigenvalue weighted by Crippen LogP contribution is 2.35. The fourth-order valence-corrected chi connectivity index (χ4v) is 5.23. The molecule has 1 aliphatic carbocycles. The minimum Gasteiger partial charge on any atom is -0.324 e. The third-order valence-corrected chi connectivity index (χ3v) is 6.89. The number of carbonyl (C=O) groups is 1. The van der Waals surface area contributed by atoms with Gasteiger partial charge in [0.25, 0.3) is 5.56 Å². The molecule has 5 nitrogen and oxygen atoms in total. The Morgan fingerprint density at radius 1 is 1.43 bits per heavy atom. The molecule has 0 unspecified atom stereocenters. The van der Waals surface area contributed by atoms with E-state index in [1.807, 2.05) is 13.0 Å². The molecule has 2 aromatic heterocycles. The van der Waals surface area contributed by atoms with Gasteiger partial charge in [-0.05, 0) is 62.3 Å². The van der Waals surface area contributed by atoms with Gasteiger partial charge < -0.3 is 5.32 Å². The SMILES string of the molecule is Cc1ccc(Cl)cc1NC(=O)[C@@H](C)n1cnc2sc3c(c2c1=O)CC[C@H](C)C3. The monoisotopic (exact) mass is 415 g/mol. The predicted molar refractivity (Wildman–Crippen MR) is 115 cm³/mol. The van der Waals surface area contributed by atoms with E-state index in [1.165, 1.54) is 15.8 Å². The molecule has 1 N–H and O–H groups in total. The van der Waals surface area contributed by atoms with Gasteiger partial charge in [-0.2, -0.15) is 0 Å². The summed E-state index contributed by atoms with van der Waals surface area (Å²) in [7, 11) is 0. The van der Waals surface area contributed by atoms with Gasteiger partial charge in [0.05, 0.1) is 11.7 Å². The molecular formula is C21H22ClN3O2S. The zero-order valence-corrected chi connectivity index (χ0v) is 17.7. The van der Waals surface area contributed by atoms with Gasteiger partial charge >= 0.3 is 0 Å². The molecule has 1 amide bonds. The summed E-state index contributed by atoms with van der Waals surface area (Å²) in [6.45, 7) is 5.85. The van der Waals surface area contributed by atoms with Crippen molar-refractivity contribution in [1.29, 1.82) is 0 Å². The van der Waals surface area contributed by atoms with E-state index in [1.54, 1.807) is 30.4 Å². The summed E-state index contributed by atoms with van der Waals surface area (Å²) >= 11 is 7.65. The van der Waals surface area contributed by atoms with Crippen molar-refractivity contribution in [3.8, 4) is 0 Å². The van der Waals surface area contributed by atoms with Gasteiger partial charge in [-0.15, -0.1) is 11.3 Å². The number of hydrogen-bond acceptors (Lipinski definition) is 4. The molecule has 0 saturated heterocycles. The lowest BCUT2D eigenvalue weighted by Gasteiger charge is -2.18. The first-order valence-electron chi connectivity index (χ1n) is 9.43. The quantitative estimate of drug-likeness (QED) is 0.671. The number of fused-ring (bicyclic) bond motifs is 3. The van der Waals surface area contributed by atoms with E-state index in [0.717, 1.165) is 35.2 Å². The Kier molecular flexibility index (Phi) is 5.02. The summed E-state index contributed by atoms with van der Waals surface area (Å²) in [4.78, 5) is 32.5. The molecule has 0 aliphatic heterocycles. The molecule has 3 aromatic rings. The van der Waals surface area contributed by atoms with Crippen LogP contribution in [0.15, 0.2) is 29.3 Å². The third kappa shape index (κ3) is 3.35. The van der Waals surface area contributed by atoms with E-state index in [-0.39, 0.29) is 11.5 Å². The summed E-state index contributed by atoms with van der Waals surface area (Å²) < 4.78 is 1.43. The second kappa shape index (κ2) is 7.33. The van der Waals surface area contributed by atoms with Gasteiger partial charge in [-0.3, -0.25) is 14.2 Å². The van der Waals surface area contributed by atoms with Crippen LogP contribution in [-0.2, 0) is 17.6 Å². The number of thiophene rings is 1. The maximum atomic E-state index is 13.2. The molecule has 1 aliphatic rings. The van der Waals surface area contributed by atoms with E-state index in [0.29, 0.717) is 22.0 Å². The highest BCUT2D eigenvalue weighted by atomic mass is 35.5. The number of anilines is 1. The van der Waals surface area contributed by atoms with Gasteiger partial charge in [0, 0.05) is 15.6 Å². The van der Waals surface area contributed by atoms with Gasteiger partial charge in [-0.25, -0.2) is 4.98 Å². The maximum absolute atomic E-state index is 13.2. The largest absolute Gasteiger partial charge is 0.324 e. The molecule has 1 aromatic carbocycles. The van der Waals surface area contributed by atoms with Crippen LogP contribution in [0, 0.1) is 12.8 Å². The average Bonchev–Trinajstić information content (AvgIpc) is 3.02. The molecular weight excluding hydrogens is 394 g/mol. The fourth-order valence-electron chi connectivity index (χ4n) is 3.71. The number of halogens is 1. The van der Waals surface area contributed by atoms with Gasteiger partial charge in [-0.1, -0.05) is 24.6 Å². The number of aromatic nitrogens is 2. The second-order valence-corrected chi connectivity index (χ2v) is 9.13. The van der Waals surface area contributed by atoms with Gasteiger partial charge in [0.15, 0.2) is 0 Å². The zero-order chi connectivity index (χ0) is 20.0. The normalized spacial score (nSPS) is 17.4. The lowest BCUT2D eigenvalue weighted by atomic mass is 9.89. The molecule has 0 saturated carbocycles. The van der Waals surface area contributed by atoms with Crippen LogP contribution in [-0.4, -0.2) is 15.5 Å². The zero-order valence-electron chi connectivity index (χ0n) is 16.1. The predicted octanol–water partition coefficient (Wildman–Crippen LogP) is 4.74. The van der Waals surface area contributed by atoms with Crippen molar-refractivity contribution in [3.63, 3.8) is 0 Å². The molecule has 0 fully saturated rings. The van der Waals surface area contributed by atoms with E-state index in [2.05, 4.69) is 17.2 Å². The first-order chi connectivity index (χ1) is 13.3. The highest BCUT2D eigenvalue weighted by molar-refractivity contribution is 7.18. The van der Waals surface area contributed by atoms with Crippen LogP contribution in [0.4, 0.5) is 5.69 Å². The Bertz CT molecular complexity index is 1130. The number of rotatable bonds is 3. The van der Waals surface area contributed by atoms with E-state index in [4.69, 9.17) is 11.6 Å². The van der Waals surface area contributed by atoms with Crippen LogP contribution >= 0.6 is 22.9 Å². The fraction of sp³-hybridized carbons (Fsp3) is 0.381. The van der Waals surface area contributed by atoms with E-state index in [9.17, 15) is 9.59 Å². The topological polar surface area (TPSA) is 64.0 Å². The summed E-state index contributed by atoms with van der Waals surface area (Å²) in [5.74, 6) is 0.361. The summed E-state index contributed by atoms with van der Waals surface area (Å²) in [5, 5.41) is 4.12. The minimum absolute atomic E-state index is 0.137. The van der Waals surface area contributed by atoms with E-state index < -0.39 is 6.04 Å². The number of nitrogens with one attached hydrogen (secondary N) is 1. The standard InChI is InChI=1S/C21H22ClN3O2S/c1-11-4-7-15-17(8-11)28-20-18(15)21(27)25(10-23-20)13(3)19(26)24-16-9-14(22)6-5-12(16)2/h5-6,9-11,13H,4,7-8H2,1-3H3,(H,24,26)/t11-,13+/m0/s1. The Balaban J connectivity index is 1.68. The third-order valence-electron chi connectivity index (χ3n) is 5.50. The minimum atomic E-state index is -0.680. The number of hydrogen-bond donors (Lipinski definition) is 1. The summed E-state index contributed by atoms with van der Waals surface area (Å²) in [5.41, 5.74) is 2.55. The number of amides is 1. The highest BCUT2D eigenvalue weighted by Gasteiger charge is 2.25. The molecule has 7 heteroatoms. The number of aryl methyl sites for hydroxylation is 2. The van der Waals surface area contributed by atoms with Crippen molar-refractivity contribution in [3.05, 3.63) is 55.9 Å². The van der Waals surface area contributed by atoms with Gasteiger partial charge in [0.1, 0.15) is 10.9 Å².